The molecule has 4 heteroatoms. The second kappa shape index (κ2) is 5.86. The van der Waals surface area contributed by atoms with E-state index in [4.69, 9.17) is 5.26 Å². The van der Waals surface area contributed by atoms with Gasteiger partial charge in [0.15, 0.2) is 0 Å². The van der Waals surface area contributed by atoms with E-state index in [1.54, 1.807) is 12.3 Å². The summed E-state index contributed by atoms with van der Waals surface area (Å²) in [7, 11) is 1.92. The Morgan fingerprint density at radius 2 is 2.25 bits per heavy atom. The first-order chi connectivity index (χ1) is 7.69. The number of nitrogens with zero attached hydrogens (tertiary/aromatic N) is 3. The van der Waals surface area contributed by atoms with E-state index in [-0.39, 0.29) is 5.57 Å². The van der Waals surface area contributed by atoms with Gasteiger partial charge in [0.1, 0.15) is 11.9 Å². The molecule has 0 saturated heterocycles. The fraction of sp³-hybridized carbons (Fsp3) is 0.333. The molecule has 1 fully saturated rings. The lowest BCUT2D eigenvalue weighted by molar-refractivity contribution is 0.446. The number of rotatable bonds is 5. The minimum atomic E-state index is -0.602. The van der Waals surface area contributed by atoms with Crippen molar-refractivity contribution >= 4 is 6.72 Å². The van der Waals surface area contributed by atoms with Crippen LogP contribution in [0.2, 0.25) is 0 Å². The molecule has 3 nitrogen and oxygen atoms in total. The number of nitriles is 1. The van der Waals surface area contributed by atoms with Crippen molar-refractivity contribution < 1.29 is 4.39 Å². The number of hydrogen-bond acceptors (Lipinski definition) is 3. The van der Waals surface area contributed by atoms with Crippen LogP contribution in [0.5, 0.6) is 0 Å². The van der Waals surface area contributed by atoms with Gasteiger partial charge < -0.3 is 4.90 Å². The molecule has 0 aromatic carbocycles. The first-order valence-electron chi connectivity index (χ1n) is 5.01. The van der Waals surface area contributed by atoms with E-state index in [0.717, 1.165) is 18.9 Å². The van der Waals surface area contributed by atoms with E-state index in [1.807, 2.05) is 11.9 Å². The van der Waals surface area contributed by atoms with Crippen molar-refractivity contribution in [1.82, 2.24) is 4.90 Å². The Balaban J connectivity index is 2.70. The molecule has 0 N–H and O–H groups in total. The van der Waals surface area contributed by atoms with Crippen LogP contribution >= 0.6 is 0 Å². The smallest absolute Gasteiger partial charge is 0.142 e. The van der Waals surface area contributed by atoms with Crippen LogP contribution in [-0.4, -0.2) is 24.7 Å². The minimum Gasteiger partial charge on any atom is -0.377 e. The summed E-state index contributed by atoms with van der Waals surface area (Å²) in [6.07, 6.45) is 7.86. The maximum absolute atomic E-state index is 13.3. The lowest BCUT2D eigenvalue weighted by Gasteiger charge is -2.11. The molecule has 1 rings (SSSR count). The third kappa shape index (κ3) is 3.70. The molecule has 1 saturated carbocycles. The Morgan fingerprint density at radius 3 is 2.75 bits per heavy atom. The lowest BCUT2D eigenvalue weighted by atomic mass is 10.2. The van der Waals surface area contributed by atoms with Crippen LogP contribution in [-0.2, 0) is 0 Å². The molecule has 0 aromatic heterocycles. The third-order valence-corrected chi connectivity index (χ3v) is 2.30. The third-order valence-electron chi connectivity index (χ3n) is 2.30. The van der Waals surface area contributed by atoms with Gasteiger partial charge in [0.25, 0.3) is 0 Å². The first kappa shape index (κ1) is 12.2. The number of allylic oxidation sites excluding steroid dienone is 4. The second-order valence-electron chi connectivity index (χ2n) is 3.58. The van der Waals surface area contributed by atoms with Crippen LogP contribution in [0.1, 0.15) is 12.8 Å². The predicted octanol–water partition coefficient (Wildman–Crippen LogP) is 2.56. The molecule has 0 spiro atoms. The molecule has 0 bridgehead atoms. The normalized spacial score (nSPS) is 17.3. The van der Waals surface area contributed by atoms with Crippen molar-refractivity contribution in [2.45, 2.75) is 18.9 Å². The minimum absolute atomic E-state index is 0.00704. The second-order valence-corrected chi connectivity index (χ2v) is 3.58. The molecule has 1 aliphatic carbocycles. The van der Waals surface area contributed by atoms with Gasteiger partial charge in [0.05, 0.1) is 5.57 Å². The van der Waals surface area contributed by atoms with E-state index in [1.165, 1.54) is 12.3 Å². The zero-order valence-corrected chi connectivity index (χ0v) is 9.23. The summed E-state index contributed by atoms with van der Waals surface area (Å²) in [6, 6.07) is 2.35. The van der Waals surface area contributed by atoms with Crippen LogP contribution in [0, 0.1) is 11.3 Å². The highest BCUT2D eigenvalue weighted by atomic mass is 19.1. The quantitative estimate of drug-likeness (QED) is 0.405. The molecule has 0 amide bonds. The van der Waals surface area contributed by atoms with Gasteiger partial charge in [0, 0.05) is 25.5 Å². The van der Waals surface area contributed by atoms with E-state index >= 15 is 0 Å². The molecule has 0 heterocycles. The monoisotopic (exact) mass is 219 g/mol. The van der Waals surface area contributed by atoms with Gasteiger partial charge in [0.2, 0.25) is 0 Å². The van der Waals surface area contributed by atoms with Gasteiger partial charge in [-0.15, -0.1) is 0 Å². The van der Waals surface area contributed by atoms with Gasteiger partial charge in [-0.05, 0) is 31.7 Å². The van der Waals surface area contributed by atoms with E-state index in [0.29, 0.717) is 6.04 Å². The molecule has 0 unspecified atom stereocenters. The summed E-state index contributed by atoms with van der Waals surface area (Å²) in [5.41, 5.74) is -0.00704. The highest BCUT2D eigenvalue weighted by molar-refractivity contribution is 5.39. The SMILES string of the molecule is C=N/C=C/C(F)=C(C#N)\C=C\N(C)C1CC1. The Labute approximate surface area is 94.9 Å². The molecule has 0 radical (unpaired) electrons. The fourth-order valence-electron chi connectivity index (χ4n) is 1.17. The maximum Gasteiger partial charge on any atom is 0.142 e. The van der Waals surface area contributed by atoms with E-state index in [2.05, 4.69) is 11.7 Å². The van der Waals surface area contributed by atoms with Crippen molar-refractivity contribution in [2.24, 2.45) is 4.99 Å². The summed E-state index contributed by atoms with van der Waals surface area (Å²) in [5.74, 6) is -0.602. The van der Waals surface area contributed by atoms with Crippen LogP contribution in [0.25, 0.3) is 0 Å². The highest BCUT2D eigenvalue weighted by Gasteiger charge is 2.23. The summed E-state index contributed by atoms with van der Waals surface area (Å²) in [6.45, 7) is 3.19. The Morgan fingerprint density at radius 1 is 1.56 bits per heavy atom. The molecule has 0 aromatic rings. The molecular weight excluding hydrogens is 205 g/mol. The standard InChI is InChI=1S/C12H14FN3/c1-15-7-5-12(13)10(9-14)6-8-16(2)11-3-4-11/h5-8,11H,1,3-4H2,2H3/b7-5+,8-6+,12-10-. The average molecular weight is 219 g/mol. The van der Waals surface area contributed by atoms with E-state index in [9.17, 15) is 4.39 Å². The van der Waals surface area contributed by atoms with Crippen molar-refractivity contribution in [3.8, 4) is 6.07 Å². The molecule has 1 aliphatic rings. The van der Waals surface area contributed by atoms with Crippen molar-refractivity contribution in [1.29, 1.82) is 5.26 Å². The Hall–Kier alpha value is -1.89. The molecule has 0 atom stereocenters. The molecule has 0 aliphatic heterocycles. The fourth-order valence-corrected chi connectivity index (χ4v) is 1.17. The van der Waals surface area contributed by atoms with Gasteiger partial charge >= 0.3 is 0 Å². The number of halogens is 1. The lowest BCUT2D eigenvalue weighted by Crippen LogP contribution is -2.12. The highest BCUT2D eigenvalue weighted by Crippen LogP contribution is 2.25. The summed E-state index contributed by atoms with van der Waals surface area (Å²) in [5, 5.41) is 8.77. The summed E-state index contributed by atoms with van der Waals surface area (Å²) in [4.78, 5) is 5.36. The predicted molar refractivity (Wildman–Crippen MR) is 62.4 cm³/mol. The largest absolute Gasteiger partial charge is 0.377 e. The number of hydrogen-bond donors (Lipinski definition) is 0. The van der Waals surface area contributed by atoms with Gasteiger partial charge in [-0.25, -0.2) is 4.39 Å². The van der Waals surface area contributed by atoms with Crippen molar-refractivity contribution in [3.63, 3.8) is 0 Å². The van der Waals surface area contributed by atoms with Gasteiger partial charge in [-0.1, -0.05) is 0 Å². The Bertz CT molecular complexity index is 384. The van der Waals surface area contributed by atoms with Crippen molar-refractivity contribution in [3.05, 3.63) is 36.0 Å². The van der Waals surface area contributed by atoms with Gasteiger partial charge in [-0.2, -0.15) is 5.26 Å². The van der Waals surface area contributed by atoms with Gasteiger partial charge in [-0.3, -0.25) is 4.99 Å². The molecule has 84 valence electrons. The topological polar surface area (TPSA) is 39.4 Å². The summed E-state index contributed by atoms with van der Waals surface area (Å²) >= 11 is 0. The van der Waals surface area contributed by atoms with Crippen LogP contribution in [0.4, 0.5) is 4.39 Å². The average Bonchev–Trinajstić information content (AvgIpc) is 3.10. The van der Waals surface area contributed by atoms with Crippen LogP contribution in [0.3, 0.4) is 0 Å². The molecular formula is C12H14FN3. The Kier molecular flexibility index (Phi) is 4.46. The maximum atomic E-state index is 13.3. The van der Waals surface area contributed by atoms with Crippen molar-refractivity contribution in [2.75, 3.05) is 7.05 Å². The zero-order valence-electron chi connectivity index (χ0n) is 9.23. The van der Waals surface area contributed by atoms with E-state index < -0.39 is 5.83 Å². The summed E-state index contributed by atoms with van der Waals surface area (Å²) < 4.78 is 13.3. The first-order valence-corrected chi connectivity index (χ1v) is 5.01. The number of aliphatic imine (C=N–C) groups is 1. The van der Waals surface area contributed by atoms with Crippen LogP contribution < -0.4 is 0 Å². The van der Waals surface area contributed by atoms with Crippen LogP contribution in [0.15, 0.2) is 40.9 Å². The molecule has 16 heavy (non-hydrogen) atoms. The zero-order chi connectivity index (χ0) is 12.0.